The molecule has 0 saturated carbocycles. The topological polar surface area (TPSA) is 75.6 Å². The minimum absolute atomic E-state index is 0.0299. The molecule has 2 aromatic carbocycles. The summed E-state index contributed by atoms with van der Waals surface area (Å²) in [4.78, 5) is 23.4. The van der Waals surface area contributed by atoms with Crippen molar-refractivity contribution in [3.63, 3.8) is 0 Å². The first-order valence-electron chi connectivity index (χ1n) is 5.99. The number of nitrogens with one attached hydrogen (secondary N) is 1. The Morgan fingerprint density at radius 2 is 1.95 bits per heavy atom. The van der Waals surface area contributed by atoms with E-state index in [4.69, 9.17) is 4.74 Å². The van der Waals surface area contributed by atoms with Crippen molar-refractivity contribution in [2.75, 3.05) is 12.4 Å². The Bertz CT molecular complexity index is 700. The Morgan fingerprint density at radius 1 is 1.19 bits per heavy atom. The van der Waals surface area contributed by atoms with E-state index in [1.165, 1.54) is 19.2 Å². The third-order valence-electron chi connectivity index (χ3n) is 2.79. The Hall–Kier alpha value is -2.34. The molecule has 0 bridgehead atoms. The van der Waals surface area contributed by atoms with Crippen molar-refractivity contribution in [1.82, 2.24) is 0 Å². The third kappa shape index (κ3) is 3.61. The highest BCUT2D eigenvalue weighted by molar-refractivity contribution is 9.10. The van der Waals surface area contributed by atoms with E-state index in [1.54, 1.807) is 30.3 Å². The number of amides is 1. The summed E-state index contributed by atoms with van der Waals surface area (Å²) in [5, 5.41) is 11.8. The molecule has 2 rings (SSSR count). The van der Waals surface area contributed by atoms with Gasteiger partial charge in [0.25, 0.3) is 5.91 Å². The van der Waals surface area contributed by atoms with Crippen molar-refractivity contribution in [1.29, 1.82) is 0 Å². The predicted molar refractivity (Wildman–Crippen MR) is 82.0 cm³/mol. The Morgan fingerprint density at radius 3 is 2.57 bits per heavy atom. The maximum atomic E-state index is 12.1. The highest BCUT2D eigenvalue weighted by Crippen LogP contribution is 2.23. The molecule has 2 N–H and O–H groups in total. The lowest BCUT2D eigenvalue weighted by molar-refractivity contribution is 0.0697. The van der Waals surface area contributed by atoms with E-state index in [0.717, 1.165) is 4.47 Å². The van der Waals surface area contributed by atoms with Gasteiger partial charge in [-0.1, -0.05) is 22.0 Å². The zero-order valence-electron chi connectivity index (χ0n) is 11.1. The molecule has 6 heteroatoms. The minimum atomic E-state index is -1.14. The van der Waals surface area contributed by atoms with Crippen LogP contribution in [0.4, 0.5) is 5.69 Å². The second-order valence-electron chi connectivity index (χ2n) is 4.18. The number of methoxy groups -OCH3 is 1. The zero-order chi connectivity index (χ0) is 15.4. The number of carboxylic acids is 1. The number of rotatable bonds is 4. The van der Waals surface area contributed by atoms with Gasteiger partial charge in [0.1, 0.15) is 5.75 Å². The van der Waals surface area contributed by atoms with Crippen molar-refractivity contribution < 1.29 is 19.4 Å². The lowest BCUT2D eigenvalue weighted by Gasteiger charge is -2.10. The standard InChI is InChI=1S/C15H12BrNO4/c1-21-11-5-6-13(12(8-11)15(19)20)17-14(18)9-3-2-4-10(16)7-9/h2-8H,1H3,(H,17,18)(H,19,20). The van der Waals surface area contributed by atoms with Crippen LogP contribution in [0.25, 0.3) is 0 Å². The quantitative estimate of drug-likeness (QED) is 0.886. The van der Waals surface area contributed by atoms with E-state index in [0.29, 0.717) is 11.3 Å². The molecule has 0 aromatic heterocycles. The van der Waals surface area contributed by atoms with E-state index in [-0.39, 0.29) is 17.2 Å². The van der Waals surface area contributed by atoms with Gasteiger partial charge in [-0.25, -0.2) is 4.79 Å². The summed E-state index contributed by atoms with van der Waals surface area (Å²) in [5.74, 6) is -1.12. The molecule has 0 aliphatic rings. The maximum absolute atomic E-state index is 12.1. The second-order valence-corrected chi connectivity index (χ2v) is 5.10. The van der Waals surface area contributed by atoms with Gasteiger partial charge in [0.05, 0.1) is 18.4 Å². The summed E-state index contributed by atoms with van der Waals surface area (Å²) in [6.07, 6.45) is 0. The van der Waals surface area contributed by atoms with Crippen molar-refractivity contribution in [2.24, 2.45) is 0 Å². The van der Waals surface area contributed by atoms with Crippen LogP contribution in [-0.2, 0) is 0 Å². The van der Waals surface area contributed by atoms with Gasteiger partial charge < -0.3 is 15.2 Å². The van der Waals surface area contributed by atoms with Crippen LogP contribution in [0.5, 0.6) is 5.75 Å². The fourth-order valence-electron chi connectivity index (χ4n) is 1.76. The van der Waals surface area contributed by atoms with Crippen LogP contribution in [-0.4, -0.2) is 24.1 Å². The summed E-state index contributed by atoms with van der Waals surface area (Å²) in [6.45, 7) is 0. The number of carboxylic acid groups (broad SMARTS) is 1. The van der Waals surface area contributed by atoms with Crippen LogP contribution in [0.1, 0.15) is 20.7 Å². The highest BCUT2D eigenvalue weighted by atomic mass is 79.9. The summed E-state index contributed by atoms with van der Waals surface area (Å²) in [7, 11) is 1.45. The summed E-state index contributed by atoms with van der Waals surface area (Å²) < 4.78 is 5.75. The van der Waals surface area contributed by atoms with Crippen LogP contribution >= 0.6 is 15.9 Å². The second kappa shape index (κ2) is 6.41. The molecule has 2 aromatic rings. The van der Waals surface area contributed by atoms with Crippen LogP contribution in [0, 0.1) is 0 Å². The number of aromatic carboxylic acids is 1. The first kappa shape index (κ1) is 15.1. The number of ether oxygens (including phenoxy) is 1. The molecule has 5 nitrogen and oxygen atoms in total. The number of anilines is 1. The van der Waals surface area contributed by atoms with Gasteiger partial charge in [-0.3, -0.25) is 4.79 Å². The van der Waals surface area contributed by atoms with Gasteiger partial charge in [0.2, 0.25) is 0 Å². The zero-order valence-corrected chi connectivity index (χ0v) is 12.7. The number of carbonyl (C=O) groups excluding carboxylic acids is 1. The largest absolute Gasteiger partial charge is 0.497 e. The molecular weight excluding hydrogens is 338 g/mol. The number of carbonyl (C=O) groups is 2. The maximum Gasteiger partial charge on any atom is 0.337 e. The van der Waals surface area contributed by atoms with Crippen LogP contribution in [0.2, 0.25) is 0 Å². The molecule has 0 unspecified atom stereocenters. The molecule has 21 heavy (non-hydrogen) atoms. The van der Waals surface area contributed by atoms with Gasteiger partial charge >= 0.3 is 5.97 Å². The van der Waals surface area contributed by atoms with Gasteiger partial charge in [-0.05, 0) is 36.4 Å². The number of benzene rings is 2. The smallest absolute Gasteiger partial charge is 0.337 e. The van der Waals surface area contributed by atoms with Crippen molar-refractivity contribution >= 4 is 33.5 Å². The van der Waals surface area contributed by atoms with Crippen LogP contribution in [0.3, 0.4) is 0 Å². The molecular formula is C15H12BrNO4. The fraction of sp³-hybridized carbons (Fsp3) is 0.0667. The molecule has 0 atom stereocenters. The molecule has 108 valence electrons. The van der Waals surface area contributed by atoms with E-state index in [2.05, 4.69) is 21.2 Å². The average molecular weight is 350 g/mol. The van der Waals surface area contributed by atoms with Gasteiger partial charge in [-0.2, -0.15) is 0 Å². The van der Waals surface area contributed by atoms with Gasteiger partial charge in [-0.15, -0.1) is 0 Å². The lowest BCUT2D eigenvalue weighted by Crippen LogP contribution is -2.14. The Labute approximate surface area is 129 Å². The first-order chi connectivity index (χ1) is 10.0. The third-order valence-corrected chi connectivity index (χ3v) is 3.29. The SMILES string of the molecule is COc1ccc(NC(=O)c2cccc(Br)c2)c(C(=O)O)c1. The van der Waals surface area contributed by atoms with Crippen molar-refractivity contribution in [2.45, 2.75) is 0 Å². The number of hydrogen-bond acceptors (Lipinski definition) is 3. The molecule has 0 heterocycles. The Balaban J connectivity index is 2.31. The summed E-state index contributed by atoms with van der Waals surface area (Å²) in [5.41, 5.74) is 0.613. The normalized spacial score (nSPS) is 10.0. The van der Waals surface area contributed by atoms with Crippen LogP contribution < -0.4 is 10.1 Å². The van der Waals surface area contributed by atoms with Gasteiger partial charge in [0, 0.05) is 10.0 Å². The Kier molecular flexibility index (Phi) is 4.59. The number of halogens is 1. The predicted octanol–water partition coefficient (Wildman–Crippen LogP) is 3.41. The summed E-state index contributed by atoms with van der Waals surface area (Å²) >= 11 is 3.28. The van der Waals surface area contributed by atoms with E-state index in [1.807, 2.05) is 0 Å². The van der Waals surface area contributed by atoms with Gasteiger partial charge in [0.15, 0.2) is 0 Å². The molecule has 0 saturated heterocycles. The van der Waals surface area contributed by atoms with E-state index < -0.39 is 5.97 Å². The molecule has 1 amide bonds. The van der Waals surface area contributed by atoms with Crippen molar-refractivity contribution in [3.8, 4) is 5.75 Å². The molecule has 0 aliphatic heterocycles. The average Bonchev–Trinajstić information content (AvgIpc) is 2.47. The monoisotopic (exact) mass is 349 g/mol. The fourth-order valence-corrected chi connectivity index (χ4v) is 2.16. The van der Waals surface area contributed by atoms with Crippen molar-refractivity contribution in [3.05, 3.63) is 58.1 Å². The highest BCUT2D eigenvalue weighted by Gasteiger charge is 2.15. The molecule has 0 radical (unpaired) electrons. The van der Waals surface area contributed by atoms with Crippen LogP contribution in [0.15, 0.2) is 46.9 Å². The summed E-state index contributed by atoms with van der Waals surface area (Å²) in [6, 6.07) is 11.3. The minimum Gasteiger partial charge on any atom is -0.497 e. The molecule has 0 fully saturated rings. The van der Waals surface area contributed by atoms with E-state index >= 15 is 0 Å². The molecule has 0 spiro atoms. The lowest BCUT2D eigenvalue weighted by atomic mass is 10.1. The van der Waals surface area contributed by atoms with E-state index in [9.17, 15) is 14.7 Å². The first-order valence-corrected chi connectivity index (χ1v) is 6.79. The number of hydrogen-bond donors (Lipinski definition) is 2. The molecule has 0 aliphatic carbocycles.